The van der Waals surface area contributed by atoms with Crippen LogP contribution in [0.1, 0.15) is 22.3 Å². The lowest BCUT2D eigenvalue weighted by Crippen LogP contribution is -2.29. The number of aryl methyl sites for hydroxylation is 1. The number of hydrazine groups is 1. The largest absolute Gasteiger partial charge is 0.271 e. The monoisotopic (exact) mass is 234 g/mol. The number of nitrogens with one attached hydrogen (secondary N) is 1. The average molecular weight is 234 g/mol. The minimum atomic E-state index is 0.0624. The summed E-state index contributed by atoms with van der Waals surface area (Å²) < 4.78 is 0. The molecule has 2 heterocycles. The van der Waals surface area contributed by atoms with Crippen LogP contribution in [0.2, 0.25) is 0 Å². The molecule has 0 spiro atoms. The summed E-state index contributed by atoms with van der Waals surface area (Å²) in [5.74, 6) is 5.56. The van der Waals surface area contributed by atoms with Gasteiger partial charge in [-0.15, -0.1) is 11.3 Å². The molecular formula is C11H14N4S. The van der Waals surface area contributed by atoms with Gasteiger partial charge in [-0.05, 0) is 31.0 Å². The predicted molar refractivity (Wildman–Crippen MR) is 64.9 cm³/mol. The number of nitrogens with two attached hydrogens (primary N) is 1. The molecule has 4 nitrogen and oxygen atoms in total. The quantitative estimate of drug-likeness (QED) is 0.623. The van der Waals surface area contributed by atoms with E-state index in [-0.39, 0.29) is 6.04 Å². The maximum atomic E-state index is 5.56. The van der Waals surface area contributed by atoms with Crippen molar-refractivity contribution in [2.75, 3.05) is 0 Å². The van der Waals surface area contributed by atoms with E-state index in [9.17, 15) is 0 Å². The van der Waals surface area contributed by atoms with Gasteiger partial charge in [0.05, 0.1) is 16.7 Å². The topological polar surface area (TPSA) is 63.8 Å². The van der Waals surface area contributed by atoms with Crippen molar-refractivity contribution in [3.05, 3.63) is 46.2 Å². The highest BCUT2D eigenvalue weighted by atomic mass is 32.1. The summed E-state index contributed by atoms with van der Waals surface area (Å²) in [4.78, 5) is 8.43. The van der Waals surface area contributed by atoms with Gasteiger partial charge >= 0.3 is 0 Å². The molecule has 2 aromatic rings. The van der Waals surface area contributed by atoms with Crippen LogP contribution in [0, 0.1) is 6.92 Å². The molecule has 0 aliphatic heterocycles. The molecule has 0 aliphatic rings. The summed E-state index contributed by atoms with van der Waals surface area (Å²) in [6.45, 7) is 1.99. The van der Waals surface area contributed by atoms with Gasteiger partial charge in [0.2, 0.25) is 0 Å². The summed E-state index contributed by atoms with van der Waals surface area (Å²) >= 11 is 1.64. The van der Waals surface area contributed by atoms with Crippen molar-refractivity contribution in [2.24, 2.45) is 5.84 Å². The van der Waals surface area contributed by atoms with Crippen LogP contribution < -0.4 is 11.3 Å². The molecular weight excluding hydrogens is 220 g/mol. The van der Waals surface area contributed by atoms with Gasteiger partial charge < -0.3 is 0 Å². The molecule has 0 amide bonds. The van der Waals surface area contributed by atoms with Crippen molar-refractivity contribution < 1.29 is 0 Å². The SMILES string of the molecule is Cc1nc(C(Cc2ccncc2)NN)cs1. The average Bonchev–Trinajstić information content (AvgIpc) is 2.74. The molecule has 0 saturated heterocycles. The Morgan fingerprint density at radius 3 is 2.75 bits per heavy atom. The van der Waals surface area contributed by atoms with E-state index in [1.807, 2.05) is 24.4 Å². The number of aromatic nitrogens is 2. The van der Waals surface area contributed by atoms with Crippen LogP contribution in [-0.2, 0) is 6.42 Å². The van der Waals surface area contributed by atoms with Gasteiger partial charge in [-0.3, -0.25) is 16.3 Å². The Morgan fingerprint density at radius 1 is 1.44 bits per heavy atom. The number of hydrogen-bond donors (Lipinski definition) is 2. The Balaban J connectivity index is 2.12. The Bertz CT molecular complexity index is 440. The molecule has 0 radical (unpaired) electrons. The fraction of sp³-hybridized carbons (Fsp3) is 0.273. The van der Waals surface area contributed by atoms with E-state index in [4.69, 9.17) is 5.84 Å². The molecule has 1 atom stereocenters. The third kappa shape index (κ3) is 2.63. The normalized spacial score (nSPS) is 12.6. The van der Waals surface area contributed by atoms with Crippen molar-refractivity contribution in [3.63, 3.8) is 0 Å². The standard InChI is InChI=1S/C11H14N4S/c1-8-14-11(7-16-8)10(15-12)6-9-2-4-13-5-3-9/h2-5,7,10,15H,6,12H2,1H3. The summed E-state index contributed by atoms with van der Waals surface area (Å²) in [6, 6.07) is 4.04. The van der Waals surface area contributed by atoms with Gasteiger partial charge in [-0.25, -0.2) is 4.98 Å². The van der Waals surface area contributed by atoms with Gasteiger partial charge in [0.25, 0.3) is 0 Å². The minimum absolute atomic E-state index is 0.0624. The molecule has 0 bridgehead atoms. The second kappa shape index (κ2) is 5.16. The van der Waals surface area contributed by atoms with Gasteiger partial charge in [-0.1, -0.05) is 0 Å². The van der Waals surface area contributed by atoms with E-state index in [0.717, 1.165) is 17.1 Å². The van der Waals surface area contributed by atoms with Gasteiger partial charge in [0, 0.05) is 17.8 Å². The third-order valence-corrected chi connectivity index (χ3v) is 3.18. The molecule has 16 heavy (non-hydrogen) atoms. The Labute approximate surface area is 98.5 Å². The van der Waals surface area contributed by atoms with E-state index in [1.54, 1.807) is 23.7 Å². The predicted octanol–water partition coefficient (Wildman–Crippen LogP) is 1.59. The lowest BCUT2D eigenvalue weighted by atomic mass is 10.1. The molecule has 2 aromatic heterocycles. The van der Waals surface area contributed by atoms with Crippen LogP contribution in [0.15, 0.2) is 29.9 Å². The summed E-state index contributed by atoms with van der Waals surface area (Å²) in [5, 5.41) is 3.10. The van der Waals surface area contributed by atoms with E-state index < -0.39 is 0 Å². The van der Waals surface area contributed by atoms with Crippen molar-refractivity contribution in [3.8, 4) is 0 Å². The lowest BCUT2D eigenvalue weighted by molar-refractivity contribution is 0.540. The van der Waals surface area contributed by atoms with Crippen molar-refractivity contribution in [2.45, 2.75) is 19.4 Å². The summed E-state index contributed by atoms with van der Waals surface area (Å²) in [5.41, 5.74) is 5.00. The van der Waals surface area contributed by atoms with Gasteiger partial charge in [0.15, 0.2) is 0 Å². The first-order chi connectivity index (χ1) is 7.79. The number of rotatable bonds is 4. The van der Waals surface area contributed by atoms with Crippen molar-refractivity contribution in [1.82, 2.24) is 15.4 Å². The zero-order valence-corrected chi connectivity index (χ0v) is 9.87. The maximum Gasteiger partial charge on any atom is 0.0898 e. The molecule has 0 saturated carbocycles. The van der Waals surface area contributed by atoms with Gasteiger partial charge in [-0.2, -0.15) is 0 Å². The highest BCUT2D eigenvalue weighted by molar-refractivity contribution is 7.09. The molecule has 0 aliphatic carbocycles. The lowest BCUT2D eigenvalue weighted by Gasteiger charge is -2.13. The van der Waals surface area contributed by atoms with Crippen LogP contribution in [0.4, 0.5) is 0 Å². The molecule has 84 valence electrons. The van der Waals surface area contributed by atoms with E-state index in [2.05, 4.69) is 15.4 Å². The molecule has 1 unspecified atom stereocenters. The van der Waals surface area contributed by atoms with Crippen LogP contribution >= 0.6 is 11.3 Å². The zero-order chi connectivity index (χ0) is 11.4. The fourth-order valence-electron chi connectivity index (χ4n) is 1.54. The number of hydrogen-bond acceptors (Lipinski definition) is 5. The first-order valence-electron chi connectivity index (χ1n) is 5.06. The van der Waals surface area contributed by atoms with Crippen LogP contribution in [-0.4, -0.2) is 9.97 Å². The van der Waals surface area contributed by atoms with Crippen molar-refractivity contribution in [1.29, 1.82) is 0 Å². The Kier molecular flexibility index (Phi) is 3.61. The van der Waals surface area contributed by atoms with E-state index in [1.165, 1.54) is 5.56 Å². The molecule has 0 fully saturated rings. The maximum absolute atomic E-state index is 5.56. The Morgan fingerprint density at radius 2 is 2.19 bits per heavy atom. The number of nitrogens with zero attached hydrogens (tertiary/aromatic N) is 2. The minimum Gasteiger partial charge on any atom is -0.271 e. The second-order valence-corrected chi connectivity index (χ2v) is 4.63. The number of pyridine rings is 1. The molecule has 0 aromatic carbocycles. The highest BCUT2D eigenvalue weighted by Gasteiger charge is 2.13. The molecule has 2 rings (SSSR count). The highest BCUT2D eigenvalue weighted by Crippen LogP contribution is 2.19. The van der Waals surface area contributed by atoms with Crippen LogP contribution in [0.5, 0.6) is 0 Å². The van der Waals surface area contributed by atoms with Crippen LogP contribution in [0.25, 0.3) is 0 Å². The van der Waals surface area contributed by atoms with E-state index in [0.29, 0.717) is 0 Å². The summed E-state index contributed by atoms with van der Waals surface area (Å²) in [6.07, 6.45) is 4.40. The molecule has 5 heteroatoms. The van der Waals surface area contributed by atoms with Gasteiger partial charge in [0.1, 0.15) is 0 Å². The number of thiazole rings is 1. The molecule has 3 N–H and O–H groups in total. The summed E-state index contributed by atoms with van der Waals surface area (Å²) in [7, 11) is 0. The second-order valence-electron chi connectivity index (χ2n) is 3.57. The first kappa shape index (κ1) is 11.2. The Hall–Kier alpha value is -1.30. The fourth-order valence-corrected chi connectivity index (χ4v) is 2.21. The van der Waals surface area contributed by atoms with Crippen molar-refractivity contribution >= 4 is 11.3 Å². The van der Waals surface area contributed by atoms with Crippen LogP contribution in [0.3, 0.4) is 0 Å². The third-order valence-electron chi connectivity index (χ3n) is 2.38. The zero-order valence-electron chi connectivity index (χ0n) is 9.05. The first-order valence-corrected chi connectivity index (χ1v) is 5.94. The van der Waals surface area contributed by atoms with E-state index >= 15 is 0 Å². The smallest absolute Gasteiger partial charge is 0.0898 e.